The van der Waals surface area contributed by atoms with E-state index in [2.05, 4.69) is 9.72 Å². The summed E-state index contributed by atoms with van der Waals surface area (Å²) in [6.07, 6.45) is 0.845. The Labute approximate surface area is 82.7 Å². The van der Waals surface area contributed by atoms with Gasteiger partial charge in [-0.05, 0) is 0 Å². The van der Waals surface area contributed by atoms with Crippen molar-refractivity contribution in [2.24, 2.45) is 0 Å². The van der Waals surface area contributed by atoms with Gasteiger partial charge in [0.2, 0.25) is 0 Å². The quantitative estimate of drug-likeness (QED) is 0.777. The van der Waals surface area contributed by atoms with Crippen molar-refractivity contribution in [1.82, 2.24) is 4.98 Å². The fraction of sp³-hybridized carbons (Fsp3) is 0.286. The molecule has 0 bridgehead atoms. The number of nitrogens with zero attached hydrogens (tertiary/aromatic N) is 2. The summed E-state index contributed by atoms with van der Waals surface area (Å²) >= 11 is 1.20. The number of hydrogen-bond donors (Lipinski definition) is 1. The average molecular weight is 214 g/mol. The summed E-state index contributed by atoms with van der Waals surface area (Å²) in [7, 11) is 0. The molecule has 1 fully saturated rings. The molecule has 74 valence electrons. The number of carbonyl (C=O) groups is 2. The molecule has 1 aromatic rings. The summed E-state index contributed by atoms with van der Waals surface area (Å²) in [4.78, 5) is 26.9. The highest BCUT2D eigenvalue weighted by atomic mass is 32.1. The van der Waals surface area contributed by atoms with E-state index in [0.717, 1.165) is 4.90 Å². The molecule has 2 heterocycles. The van der Waals surface area contributed by atoms with E-state index in [1.54, 1.807) is 5.38 Å². The lowest BCUT2D eigenvalue weighted by Crippen LogP contribution is -2.39. The van der Waals surface area contributed by atoms with E-state index in [4.69, 9.17) is 5.11 Å². The molecule has 1 aromatic heterocycles. The van der Waals surface area contributed by atoms with Crippen LogP contribution in [0.1, 0.15) is 0 Å². The van der Waals surface area contributed by atoms with Crippen molar-refractivity contribution in [1.29, 1.82) is 0 Å². The highest BCUT2D eigenvalue weighted by Crippen LogP contribution is 2.24. The first-order valence-electron chi connectivity index (χ1n) is 3.78. The van der Waals surface area contributed by atoms with Crippen LogP contribution in [0, 0.1) is 0 Å². The highest BCUT2D eigenvalue weighted by Gasteiger charge is 2.40. The number of aromatic nitrogens is 1. The van der Waals surface area contributed by atoms with Crippen molar-refractivity contribution in [3.63, 3.8) is 0 Å². The first-order valence-corrected chi connectivity index (χ1v) is 4.66. The van der Waals surface area contributed by atoms with Crippen LogP contribution < -0.4 is 4.90 Å². The number of hydrogen-bond acceptors (Lipinski definition) is 5. The van der Waals surface area contributed by atoms with Gasteiger partial charge in [-0.2, -0.15) is 0 Å². The van der Waals surface area contributed by atoms with Gasteiger partial charge in [0.15, 0.2) is 11.2 Å². The van der Waals surface area contributed by atoms with Crippen LogP contribution in [-0.4, -0.2) is 34.8 Å². The molecule has 0 aliphatic carbocycles. The van der Waals surface area contributed by atoms with Crippen LogP contribution >= 0.6 is 11.3 Å². The molecule has 2 rings (SSSR count). The molecule has 0 aromatic carbocycles. The van der Waals surface area contributed by atoms with E-state index in [-0.39, 0.29) is 6.61 Å². The number of carbonyl (C=O) groups excluding carboxylic acids is 1. The molecular weight excluding hydrogens is 208 g/mol. The molecule has 6 nitrogen and oxygen atoms in total. The van der Waals surface area contributed by atoms with Gasteiger partial charge < -0.3 is 9.84 Å². The Morgan fingerprint density at radius 3 is 3.14 bits per heavy atom. The molecular formula is C7H6N2O4S. The monoisotopic (exact) mass is 214 g/mol. The number of carboxylic acid groups (broad SMARTS) is 1. The third kappa shape index (κ3) is 1.31. The standard InChI is InChI=1S/C7H6N2O4S/c10-5(11)4-3-13-7(12)9(4)6-8-1-2-14-6/h1-2,4H,3H2,(H,10,11). The van der Waals surface area contributed by atoms with Gasteiger partial charge in [-0.1, -0.05) is 0 Å². The maximum Gasteiger partial charge on any atom is 0.417 e. The van der Waals surface area contributed by atoms with Crippen molar-refractivity contribution >= 4 is 28.5 Å². The number of thiazole rings is 1. The lowest BCUT2D eigenvalue weighted by molar-refractivity contribution is -0.138. The number of ether oxygens (including phenoxy) is 1. The Hall–Kier alpha value is -1.63. The molecule has 1 aliphatic heterocycles. The van der Waals surface area contributed by atoms with Crippen LogP contribution in [0.4, 0.5) is 9.93 Å². The van der Waals surface area contributed by atoms with Crippen LogP contribution in [0.2, 0.25) is 0 Å². The predicted octanol–water partition coefficient (Wildman–Crippen LogP) is 0.553. The smallest absolute Gasteiger partial charge is 0.417 e. The van der Waals surface area contributed by atoms with Gasteiger partial charge in [0.25, 0.3) is 0 Å². The Bertz CT molecular complexity index is 364. The summed E-state index contributed by atoms with van der Waals surface area (Å²) in [5.41, 5.74) is 0. The van der Waals surface area contributed by atoms with Crippen LogP contribution in [0.25, 0.3) is 0 Å². The van der Waals surface area contributed by atoms with Gasteiger partial charge in [0.05, 0.1) is 0 Å². The van der Waals surface area contributed by atoms with Gasteiger partial charge in [0, 0.05) is 11.6 Å². The molecule has 1 atom stereocenters. The van der Waals surface area contributed by atoms with Crippen LogP contribution in [-0.2, 0) is 9.53 Å². The number of rotatable bonds is 2. The van der Waals surface area contributed by atoms with E-state index in [1.165, 1.54) is 17.5 Å². The number of cyclic esters (lactones) is 1. The summed E-state index contributed by atoms with van der Waals surface area (Å²) in [6.45, 7) is -0.131. The van der Waals surface area contributed by atoms with E-state index in [9.17, 15) is 9.59 Å². The minimum absolute atomic E-state index is 0.131. The Morgan fingerprint density at radius 1 is 1.79 bits per heavy atom. The fourth-order valence-electron chi connectivity index (χ4n) is 1.15. The third-order valence-electron chi connectivity index (χ3n) is 1.78. The zero-order chi connectivity index (χ0) is 10.1. The largest absolute Gasteiger partial charge is 0.480 e. The van der Waals surface area contributed by atoms with Gasteiger partial charge in [-0.3, -0.25) is 0 Å². The maximum atomic E-state index is 11.2. The second kappa shape index (κ2) is 3.26. The van der Waals surface area contributed by atoms with Gasteiger partial charge in [0.1, 0.15) is 6.61 Å². The molecule has 1 N–H and O–H groups in total. The van der Waals surface area contributed by atoms with Crippen LogP contribution in [0.5, 0.6) is 0 Å². The SMILES string of the molecule is O=C(O)C1COC(=O)N1c1nccs1. The zero-order valence-corrected chi connectivity index (χ0v) is 7.73. The van der Waals surface area contributed by atoms with Gasteiger partial charge in [-0.15, -0.1) is 11.3 Å². The average Bonchev–Trinajstić information content (AvgIpc) is 2.71. The number of amides is 1. The first kappa shape index (κ1) is 8.95. The minimum atomic E-state index is -1.09. The van der Waals surface area contributed by atoms with Gasteiger partial charge >= 0.3 is 12.1 Å². The van der Waals surface area contributed by atoms with Crippen molar-refractivity contribution in [2.45, 2.75) is 6.04 Å². The number of aliphatic carboxylic acids is 1. The summed E-state index contributed by atoms with van der Waals surface area (Å²) in [5.74, 6) is -1.09. The van der Waals surface area contributed by atoms with Crippen molar-refractivity contribution in [2.75, 3.05) is 11.5 Å². The summed E-state index contributed by atoms with van der Waals surface area (Å²) in [5, 5.41) is 10.8. The van der Waals surface area contributed by atoms with Crippen molar-refractivity contribution in [3.8, 4) is 0 Å². The molecule has 0 spiro atoms. The van der Waals surface area contributed by atoms with Crippen molar-refractivity contribution in [3.05, 3.63) is 11.6 Å². The van der Waals surface area contributed by atoms with Crippen molar-refractivity contribution < 1.29 is 19.4 Å². The Kier molecular flexibility index (Phi) is 2.08. The molecule has 1 saturated heterocycles. The topological polar surface area (TPSA) is 79.7 Å². The Morgan fingerprint density at radius 2 is 2.57 bits per heavy atom. The molecule has 0 saturated carbocycles. The molecule has 1 unspecified atom stereocenters. The third-order valence-corrected chi connectivity index (χ3v) is 2.55. The maximum absolute atomic E-state index is 11.2. The first-order chi connectivity index (χ1) is 6.70. The second-order valence-electron chi connectivity index (χ2n) is 2.62. The predicted molar refractivity (Wildman–Crippen MR) is 47.4 cm³/mol. The minimum Gasteiger partial charge on any atom is -0.480 e. The lowest BCUT2D eigenvalue weighted by Gasteiger charge is -2.13. The van der Waals surface area contributed by atoms with E-state index >= 15 is 0 Å². The summed E-state index contributed by atoms with van der Waals surface area (Å²) < 4.78 is 4.64. The molecule has 1 amide bonds. The normalized spacial score (nSPS) is 21.0. The van der Waals surface area contributed by atoms with Crippen LogP contribution in [0.3, 0.4) is 0 Å². The van der Waals surface area contributed by atoms with E-state index in [0.29, 0.717) is 5.13 Å². The number of carboxylic acids is 1. The molecule has 7 heteroatoms. The Balaban J connectivity index is 2.31. The fourth-order valence-corrected chi connectivity index (χ4v) is 1.83. The highest BCUT2D eigenvalue weighted by molar-refractivity contribution is 7.13. The second-order valence-corrected chi connectivity index (χ2v) is 3.49. The molecule has 14 heavy (non-hydrogen) atoms. The van der Waals surface area contributed by atoms with Crippen LogP contribution in [0.15, 0.2) is 11.6 Å². The lowest BCUT2D eigenvalue weighted by atomic mass is 10.3. The molecule has 1 aliphatic rings. The number of anilines is 1. The molecule has 0 radical (unpaired) electrons. The van der Waals surface area contributed by atoms with E-state index < -0.39 is 18.1 Å². The summed E-state index contributed by atoms with van der Waals surface area (Å²) in [6, 6.07) is -0.964. The van der Waals surface area contributed by atoms with E-state index in [1.807, 2.05) is 0 Å². The van der Waals surface area contributed by atoms with Gasteiger partial charge in [-0.25, -0.2) is 19.5 Å². The zero-order valence-electron chi connectivity index (χ0n) is 6.91.